The van der Waals surface area contributed by atoms with E-state index < -0.39 is 0 Å². The fourth-order valence-electron chi connectivity index (χ4n) is 3.67. The van der Waals surface area contributed by atoms with Crippen LogP contribution in [-0.4, -0.2) is 54.0 Å². The summed E-state index contributed by atoms with van der Waals surface area (Å²) in [5.74, 6) is 1.14. The highest BCUT2D eigenvalue weighted by Gasteiger charge is 2.23. The molecule has 1 saturated heterocycles. The number of piperazine rings is 1. The van der Waals surface area contributed by atoms with Crippen LogP contribution in [0.25, 0.3) is 0 Å². The lowest BCUT2D eigenvalue weighted by Crippen LogP contribution is -2.48. The zero-order chi connectivity index (χ0) is 22.3. The van der Waals surface area contributed by atoms with Gasteiger partial charge in [0.2, 0.25) is 0 Å². The molecule has 0 atom stereocenters. The smallest absolute Gasteiger partial charge is 0.254 e. The summed E-state index contributed by atoms with van der Waals surface area (Å²) in [5.41, 5.74) is 2.64. The number of carbonyl (C=O) groups excluding carboxylic acids is 1. The Morgan fingerprint density at radius 1 is 1.00 bits per heavy atom. The molecule has 1 amide bonds. The molecule has 0 bridgehead atoms. The van der Waals surface area contributed by atoms with E-state index in [0.717, 1.165) is 30.9 Å². The molecule has 0 unspecified atom stereocenters. The number of carbonyl (C=O) groups is 1. The molecule has 2 heterocycles. The van der Waals surface area contributed by atoms with Crippen LogP contribution in [0.15, 0.2) is 66.9 Å². The number of pyridine rings is 1. The third-order valence-corrected chi connectivity index (χ3v) is 5.74. The Hall–Kier alpha value is -3.09. The summed E-state index contributed by atoms with van der Waals surface area (Å²) in [5, 5.41) is 0.687. The number of ether oxygens (including phenoxy) is 2. The predicted octanol–water partition coefficient (Wildman–Crippen LogP) is 4.28. The number of aromatic nitrogens is 1. The lowest BCUT2D eigenvalue weighted by molar-refractivity contribution is 0.0626. The summed E-state index contributed by atoms with van der Waals surface area (Å²) < 4.78 is 11.4. The van der Waals surface area contributed by atoms with Crippen LogP contribution in [-0.2, 0) is 13.2 Å². The number of methoxy groups -OCH3 is 1. The van der Waals surface area contributed by atoms with Gasteiger partial charge in [0.05, 0.1) is 12.8 Å². The molecule has 32 heavy (non-hydrogen) atoms. The largest absolute Gasteiger partial charge is 0.493 e. The van der Waals surface area contributed by atoms with Gasteiger partial charge in [0.25, 0.3) is 5.91 Å². The molecule has 1 aliphatic heterocycles. The molecule has 1 aliphatic rings. The lowest BCUT2D eigenvalue weighted by Gasteiger charge is -2.34. The molecular weight excluding hydrogens is 426 g/mol. The maximum Gasteiger partial charge on any atom is 0.254 e. The van der Waals surface area contributed by atoms with Gasteiger partial charge < -0.3 is 14.4 Å². The third-order valence-electron chi connectivity index (χ3n) is 5.49. The van der Waals surface area contributed by atoms with Crippen LogP contribution in [0.2, 0.25) is 5.02 Å². The molecule has 7 heteroatoms. The summed E-state index contributed by atoms with van der Waals surface area (Å²) in [4.78, 5) is 21.6. The van der Waals surface area contributed by atoms with Gasteiger partial charge in [-0.1, -0.05) is 29.8 Å². The zero-order valence-electron chi connectivity index (χ0n) is 18.0. The van der Waals surface area contributed by atoms with E-state index in [2.05, 4.69) is 9.88 Å². The van der Waals surface area contributed by atoms with Crippen molar-refractivity contribution in [1.82, 2.24) is 14.8 Å². The molecule has 0 saturated carbocycles. The van der Waals surface area contributed by atoms with Crippen molar-refractivity contribution >= 4 is 17.5 Å². The maximum absolute atomic E-state index is 13.0. The minimum Gasteiger partial charge on any atom is -0.493 e. The van der Waals surface area contributed by atoms with Gasteiger partial charge in [-0.25, -0.2) is 0 Å². The second-order valence-corrected chi connectivity index (χ2v) is 8.11. The fraction of sp³-hybridized carbons (Fsp3) is 0.280. The van der Waals surface area contributed by atoms with Crippen LogP contribution in [0.5, 0.6) is 11.5 Å². The predicted molar refractivity (Wildman–Crippen MR) is 124 cm³/mol. The van der Waals surface area contributed by atoms with Crippen molar-refractivity contribution in [3.8, 4) is 11.5 Å². The number of amides is 1. The normalized spacial score (nSPS) is 14.2. The third kappa shape index (κ3) is 5.58. The summed E-state index contributed by atoms with van der Waals surface area (Å²) in [6.45, 7) is 4.20. The van der Waals surface area contributed by atoms with Gasteiger partial charge in [-0.05, 0) is 48.0 Å². The Labute approximate surface area is 193 Å². The van der Waals surface area contributed by atoms with Gasteiger partial charge >= 0.3 is 0 Å². The number of nitrogens with zero attached hydrogens (tertiary/aromatic N) is 3. The van der Waals surface area contributed by atoms with E-state index in [1.807, 2.05) is 53.6 Å². The van der Waals surface area contributed by atoms with Crippen molar-refractivity contribution in [3.05, 3.63) is 88.7 Å². The molecule has 2 aromatic carbocycles. The van der Waals surface area contributed by atoms with Gasteiger partial charge in [0, 0.05) is 49.5 Å². The van der Waals surface area contributed by atoms with E-state index in [0.29, 0.717) is 41.8 Å². The van der Waals surface area contributed by atoms with Crippen molar-refractivity contribution in [1.29, 1.82) is 0 Å². The summed E-state index contributed by atoms with van der Waals surface area (Å²) in [7, 11) is 1.58. The molecule has 0 N–H and O–H groups in total. The summed E-state index contributed by atoms with van der Waals surface area (Å²) in [6, 6.07) is 18.8. The van der Waals surface area contributed by atoms with Crippen LogP contribution in [0.1, 0.15) is 21.6 Å². The number of halogens is 1. The minimum absolute atomic E-state index is 0.00466. The molecule has 3 aromatic rings. The number of benzene rings is 2. The van der Waals surface area contributed by atoms with Gasteiger partial charge in [-0.15, -0.1) is 0 Å². The van der Waals surface area contributed by atoms with Gasteiger partial charge in [0.1, 0.15) is 6.61 Å². The van der Waals surface area contributed by atoms with Crippen LogP contribution in [0.3, 0.4) is 0 Å². The first-order valence-corrected chi connectivity index (χ1v) is 11.0. The molecule has 6 nitrogen and oxygen atoms in total. The van der Waals surface area contributed by atoms with Gasteiger partial charge in [-0.2, -0.15) is 0 Å². The SMILES string of the molecule is COc1cc(C(=O)N2CCN(Cc3ccccn3)CC2)ccc1OCc1ccc(Cl)cc1. The van der Waals surface area contributed by atoms with E-state index in [9.17, 15) is 4.79 Å². The zero-order valence-corrected chi connectivity index (χ0v) is 18.8. The first-order valence-electron chi connectivity index (χ1n) is 10.6. The van der Waals surface area contributed by atoms with Crippen molar-refractivity contribution in [2.75, 3.05) is 33.3 Å². The lowest BCUT2D eigenvalue weighted by atomic mass is 10.1. The van der Waals surface area contributed by atoms with Gasteiger partial charge in [-0.3, -0.25) is 14.7 Å². The average molecular weight is 452 g/mol. The fourth-order valence-corrected chi connectivity index (χ4v) is 3.80. The van der Waals surface area contributed by atoms with Crippen LogP contribution < -0.4 is 9.47 Å². The highest BCUT2D eigenvalue weighted by molar-refractivity contribution is 6.30. The summed E-state index contributed by atoms with van der Waals surface area (Å²) >= 11 is 5.93. The molecule has 1 aromatic heterocycles. The average Bonchev–Trinajstić information content (AvgIpc) is 2.84. The van der Waals surface area contributed by atoms with E-state index in [-0.39, 0.29) is 5.91 Å². The minimum atomic E-state index is 0.00466. The quantitative estimate of drug-likeness (QED) is 0.536. The molecule has 0 spiro atoms. The Balaban J connectivity index is 1.35. The second kappa shape index (κ2) is 10.5. The maximum atomic E-state index is 13.0. The van der Waals surface area contributed by atoms with Crippen molar-refractivity contribution < 1.29 is 14.3 Å². The highest BCUT2D eigenvalue weighted by atomic mass is 35.5. The number of hydrogen-bond donors (Lipinski definition) is 0. The van der Waals surface area contributed by atoms with E-state index in [1.54, 1.807) is 25.3 Å². The molecule has 4 rings (SSSR count). The van der Waals surface area contributed by atoms with Crippen molar-refractivity contribution in [2.24, 2.45) is 0 Å². The van der Waals surface area contributed by atoms with Crippen molar-refractivity contribution in [3.63, 3.8) is 0 Å². The van der Waals surface area contributed by atoms with E-state index in [4.69, 9.17) is 21.1 Å². The molecule has 0 aliphatic carbocycles. The van der Waals surface area contributed by atoms with Gasteiger partial charge in [0.15, 0.2) is 11.5 Å². The highest BCUT2D eigenvalue weighted by Crippen LogP contribution is 2.29. The standard InChI is InChI=1S/C25H26ClN3O3/c1-31-24-16-20(7-10-23(24)32-18-19-5-8-21(26)9-6-19)25(30)29-14-12-28(13-15-29)17-22-4-2-3-11-27-22/h2-11,16H,12-15,17-18H2,1H3. The van der Waals surface area contributed by atoms with Crippen LogP contribution in [0, 0.1) is 0 Å². The Kier molecular flexibility index (Phi) is 7.24. The Morgan fingerprint density at radius 2 is 1.78 bits per heavy atom. The monoisotopic (exact) mass is 451 g/mol. The Bertz CT molecular complexity index is 1040. The first-order chi connectivity index (χ1) is 15.6. The first kappa shape index (κ1) is 22.1. The van der Waals surface area contributed by atoms with Crippen molar-refractivity contribution in [2.45, 2.75) is 13.2 Å². The molecule has 0 radical (unpaired) electrons. The molecule has 1 fully saturated rings. The number of rotatable bonds is 7. The van der Waals surface area contributed by atoms with Crippen LogP contribution in [0.4, 0.5) is 0 Å². The topological polar surface area (TPSA) is 54.9 Å². The van der Waals surface area contributed by atoms with Crippen LogP contribution >= 0.6 is 11.6 Å². The second-order valence-electron chi connectivity index (χ2n) is 7.67. The molecule has 166 valence electrons. The van der Waals surface area contributed by atoms with E-state index in [1.165, 1.54) is 0 Å². The van der Waals surface area contributed by atoms with E-state index >= 15 is 0 Å². The Morgan fingerprint density at radius 3 is 2.47 bits per heavy atom. The molecular formula is C25H26ClN3O3. The number of hydrogen-bond acceptors (Lipinski definition) is 5. The summed E-state index contributed by atoms with van der Waals surface area (Å²) in [6.07, 6.45) is 1.81.